The molecular weight excluding hydrogens is 347 g/mol. The average molecular weight is 357 g/mol. The number of H-pyrrole nitrogens is 1. The van der Waals surface area contributed by atoms with E-state index < -0.39 is 0 Å². The van der Waals surface area contributed by atoms with Gasteiger partial charge in [0.25, 0.3) is 5.56 Å². The summed E-state index contributed by atoms with van der Waals surface area (Å²) >= 11 is 15.2. The number of fused-ring (bicyclic) bond motifs is 1. The van der Waals surface area contributed by atoms with E-state index in [2.05, 4.69) is 9.97 Å². The summed E-state index contributed by atoms with van der Waals surface area (Å²) < 4.78 is 0. The Labute approximate surface area is 139 Å². The van der Waals surface area contributed by atoms with Crippen LogP contribution in [-0.2, 0) is 5.75 Å². The van der Waals surface area contributed by atoms with Crippen molar-refractivity contribution >= 4 is 56.5 Å². The van der Waals surface area contributed by atoms with Gasteiger partial charge in [0.1, 0.15) is 4.83 Å². The number of aromatic amines is 1. The Bertz CT molecular complexity index is 853. The van der Waals surface area contributed by atoms with Gasteiger partial charge >= 0.3 is 0 Å². The lowest BCUT2D eigenvalue weighted by Gasteiger charge is -2.06. The molecule has 0 aliphatic rings. The summed E-state index contributed by atoms with van der Waals surface area (Å²) in [6.07, 6.45) is 0. The lowest BCUT2D eigenvalue weighted by molar-refractivity contribution is 0.979. The molecule has 7 heteroatoms. The molecule has 1 aromatic carbocycles. The smallest absolute Gasteiger partial charge is 0.260 e. The minimum absolute atomic E-state index is 0.114. The van der Waals surface area contributed by atoms with Gasteiger partial charge in [0.15, 0.2) is 5.16 Å². The van der Waals surface area contributed by atoms with Crippen molar-refractivity contribution in [3.05, 3.63) is 55.1 Å². The molecule has 3 aromatic rings. The number of nitrogens with zero attached hydrogens (tertiary/aromatic N) is 1. The molecule has 0 saturated carbocycles. The Morgan fingerprint density at radius 3 is 2.76 bits per heavy atom. The van der Waals surface area contributed by atoms with Crippen LogP contribution in [0.15, 0.2) is 34.2 Å². The highest BCUT2D eigenvalue weighted by atomic mass is 35.5. The number of hydrogen-bond donors (Lipinski definition) is 1. The van der Waals surface area contributed by atoms with Gasteiger partial charge < -0.3 is 4.98 Å². The second kappa shape index (κ2) is 6.01. The maximum absolute atomic E-state index is 12.0. The summed E-state index contributed by atoms with van der Waals surface area (Å²) in [7, 11) is 0. The number of hydrogen-bond acceptors (Lipinski definition) is 4. The molecule has 0 radical (unpaired) electrons. The van der Waals surface area contributed by atoms with Crippen LogP contribution in [0, 0.1) is 6.92 Å². The van der Waals surface area contributed by atoms with Crippen molar-refractivity contribution in [2.45, 2.75) is 17.8 Å². The second-order valence-electron chi connectivity index (χ2n) is 4.44. The predicted octanol–water partition coefficient (Wildman–Crippen LogP) is 4.89. The molecule has 0 aliphatic carbocycles. The van der Waals surface area contributed by atoms with E-state index in [1.807, 2.05) is 13.0 Å². The molecule has 2 heterocycles. The highest BCUT2D eigenvalue weighted by Crippen LogP contribution is 2.30. The third-order valence-electron chi connectivity index (χ3n) is 2.92. The van der Waals surface area contributed by atoms with E-state index in [1.165, 1.54) is 23.1 Å². The van der Waals surface area contributed by atoms with Crippen LogP contribution in [-0.4, -0.2) is 9.97 Å². The SMILES string of the molecule is Cc1cc2c(=O)[nH]c(SCc3c(Cl)cccc3Cl)nc2s1. The molecule has 3 nitrogen and oxygen atoms in total. The van der Waals surface area contributed by atoms with Gasteiger partial charge in [-0.15, -0.1) is 11.3 Å². The first kappa shape index (κ1) is 14.9. The molecule has 0 spiro atoms. The quantitative estimate of drug-likeness (QED) is 0.536. The monoisotopic (exact) mass is 356 g/mol. The fraction of sp³-hybridized carbons (Fsp3) is 0.143. The van der Waals surface area contributed by atoms with E-state index in [-0.39, 0.29) is 5.56 Å². The summed E-state index contributed by atoms with van der Waals surface area (Å²) in [6, 6.07) is 7.25. The minimum atomic E-state index is -0.114. The van der Waals surface area contributed by atoms with Crippen molar-refractivity contribution in [2.75, 3.05) is 0 Å². The number of halogens is 2. The Hall–Kier alpha value is -1.01. The predicted molar refractivity (Wildman–Crippen MR) is 91.0 cm³/mol. The molecule has 0 saturated heterocycles. The van der Waals surface area contributed by atoms with Crippen LogP contribution in [0.25, 0.3) is 10.2 Å². The zero-order valence-electron chi connectivity index (χ0n) is 10.9. The van der Waals surface area contributed by atoms with Gasteiger partial charge in [-0.25, -0.2) is 4.98 Å². The Morgan fingerprint density at radius 1 is 1.33 bits per heavy atom. The van der Waals surface area contributed by atoms with Crippen molar-refractivity contribution in [1.82, 2.24) is 9.97 Å². The first-order chi connectivity index (χ1) is 10.0. The number of benzene rings is 1. The lowest BCUT2D eigenvalue weighted by Crippen LogP contribution is -2.07. The summed E-state index contributed by atoms with van der Waals surface area (Å²) in [5.41, 5.74) is 0.730. The maximum Gasteiger partial charge on any atom is 0.260 e. The molecule has 2 aromatic heterocycles. The normalized spacial score (nSPS) is 11.2. The minimum Gasteiger partial charge on any atom is -0.301 e. The van der Waals surface area contributed by atoms with Crippen LogP contribution < -0.4 is 5.56 Å². The fourth-order valence-corrected chi connectivity index (χ4v) is 4.45. The van der Waals surface area contributed by atoms with Gasteiger partial charge in [0.2, 0.25) is 0 Å². The number of nitrogens with one attached hydrogen (secondary N) is 1. The van der Waals surface area contributed by atoms with E-state index in [4.69, 9.17) is 23.2 Å². The molecule has 0 atom stereocenters. The third-order valence-corrected chi connectivity index (χ3v) is 5.47. The Kier molecular flexibility index (Phi) is 4.26. The Morgan fingerprint density at radius 2 is 2.05 bits per heavy atom. The van der Waals surface area contributed by atoms with Crippen LogP contribution in [0.3, 0.4) is 0 Å². The van der Waals surface area contributed by atoms with Crippen LogP contribution in [0.4, 0.5) is 0 Å². The number of aromatic nitrogens is 2. The second-order valence-corrected chi connectivity index (χ2v) is 7.45. The highest BCUT2D eigenvalue weighted by molar-refractivity contribution is 7.98. The molecule has 3 rings (SSSR count). The highest BCUT2D eigenvalue weighted by Gasteiger charge is 2.10. The van der Waals surface area contributed by atoms with E-state index in [0.29, 0.717) is 26.3 Å². The largest absolute Gasteiger partial charge is 0.301 e. The van der Waals surface area contributed by atoms with Crippen molar-refractivity contribution < 1.29 is 0 Å². The molecule has 0 fully saturated rings. The molecule has 0 bridgehead atoms. The van der Waals surface area contributed by atoms with E-state index in [0.717, 1.165) is 15.3 Å². The molecule has 1 N–H and O–H groups in total. The van der Waals surface area contributed by atoms with Crippen molar-refractivity contribution in [2.24, 2.45) is 0 Å². The van der Waals surface area contributed by atoms with Gasteiger partial charge in [-0.2, -0.15) is 0 Å². The van der Waals surface area contributed by atoms with Gasteiger partial charge in [0.05, 0.1) is 5.39 Å². The van der Waals surface area contributed by atoms with Crippen molar-refractivity contribution in [3.8, 4) is 0 Å². The van der Waals surface area contributed by atoms with Gasteiger partial charge in [0, 0.05) is 20.7 Å². The number of rotatable bonds is 3. The Balaban J connectivity index is 1.90. The number of aryl methyl sites for hydroxylation is 1. The summed E-state index contributed by atoms with van der Waals surface area (Å²) in [6.45, 7) is 1.96. The van der Waals surface area contributed by atoms with E-state index in [9.17, 15) is 4.79 Å². The van der Waals surface area contributed by atoms with Crippen molar-refractivity contribution in [3.63, 3.8) is 0 Å². The van der Waals surface area contributed by atoms with Crippen molar-refractivity contribution in [1.29, 1.82) is 0 Å². The van der Waals surface area contributed by atoms with Gasteiger partial charge in [-0.1, -0.05) is 41.0 Å². The third kappa shape index (κ3) is 3.11. The number of thioether (sulfide) groups is 1. The summed E-state index contributed by atoms with van der Waals surface area (Å²) in [5.74, 6) is 0.553. The molecule has 0 unspecified atom stereocenters. The molecule has 21 heavy (non-hydrogen) atoms. The topological polar surface area (TPSA) is 45.8 Å². The van der Waals surface area contributed by atoms with Crippen LogP contribution in [0.1, 0.15) is 10.4 Å². The summed E-state index contributed by atoms with van der Waals surface area (Å²) in [5, 5.41) is 2.44. The fourth-order valence-electron chi connectivity index (χ4n) is 1.91. The standard InChI is InChI=1S/C14H10Cl2N2OS2/c1-7-5-8-12(19)17-14(18-13(8)21-7)20-6-9-10(15)3-2-4-11(9)16/h2-5H,6H2,1H3,(H,17,18,19). The van der Waals surface area contributed by atoms with E-state index in [1.54, 1.807) is 18.2 Å². The first-order valence-electron chi connectivity index (χ1n) is 6.11. The zero-order chi connectivity index (χ0) is 15.0. The molecule has 0 amide bonds. The zero-order valence-corrected chi connectivity index (χ0v) is 14.1. The van der Waals surface area contributed by atoms with Crippen LogP contribution in [0.5, 0.6) is 0 Å². The first-order valence-corrected chi connectivity index (χ1v) is 8.66. The molecule has 108 valence electrons. The number of thiophene rings is 1. The van der Waals surface area contributed by atoms with Crippen LogP contribution in [0.2, 0.25) is 10.0 Å². The van der Waals surface area contributed by atoms with Crippen LogP contribution >= 0.6 is 46.3 Å². The molecule has 0 aliphatic heterocycles. The maximum atomic E-state index is 12.0. The molecular formula is C14H10Cl2N2OS2. The average Bonchev–Trinajstić information content (AvgIpc) is 2.79. The summed E-state index contributed by atoms with van der Waals surface area (Å²) in [4.78, 5) is 21.1. The van der Waals surface area contributed by atoms with Gasteiger partial charge in [-0.05, 0) is 30.7 Å². The van der Waals surface area contributed by atoms with E-state index >= 15 is 0 Å². The van der Waals surface area contributed by atoms with Gasteiger partial charge in [-0.3, -0.25) is 4.79 Å². The lowest BCUT2D eigenvalue weighted by atomic mass is 10.2.